The van der Waals surface area contributed by atoms with Crippen LogP contribution in [-0.4, -0.2) is 60.6 Å². The fraction of sp³-hybridized carbons (Fsp3) is 0.433. The maximum atomic E-state index is 12.6. The van der Waals surface area contributed by atoms with Crippen LogP contribution in [0.4, 0.5) is 10.5 Å². The zero-order valence-electron chi connectivity index (χ0n) is 23.7. The van der Waals surface area contributed by atoms with E-state index in [-0.39, 0.29) is 44.2 Å². The molecule has 12 heteroatoms. The fourth-order valence-corrected chi connectivity index (χ4v) is 4.50. The molecule has 42 heavy (non-hydrogen) atoms. The Morgan fingerprint density at radius 2 is 1.60 bits per heavy atom. The minimum Gasteiger partial charge on any atom is -0.461 e. The average Bonchev–Trinajstić information content (AvgIpc) is 2.98. The van der Waals surface area contributed by atoms with Gasteiger partial charge >= 0.3 is 12.0 Å². The van der Waals surface area contributed by atoms with Crippen LogP contribution in [0.2, 0.25) is 0 Å². The van der Waals surface area contributed by atoms with Gasteiger partial charge in [0.15, 0.2) is 0 Å². The van der Waals surface area contributed by atoms with Crippen molar-refractivity contribution >= 4 is 35.4 Å². The lowest BCUT2D eigenvalue weighted by Crippen LogP contribution is -2.53. The van der Waals surface area contributed by atoms with E-state index in [0.717, 1.165) is 18.4 Å². The number of carbonyl (C=O) groups is 5. The summed E-state index contributed by atoms with van der Waals surface area (Å²) in [5.41, 5.74) is 6.90. The van der Waals surface area contributed by atoms with E-state index in [1.165, 1.54) is 6.92 Å². The van der Waals surface area contributed by atoms with Crippen molar-refractivity contribution in [2.24, 2.45) is 5.73 Å². The molecule has 226 valence electrons. The highest BCUT2D eigenvalue weighted by molar-refractivity contribution is 5.92. The van der Waals surface area contributed by atoms with Gasteiger partial charge in [-0.05, 0) is 43.9 Å². The number of amides is 5. The number of para-hydroxylation sites is 1. The molecular formula is C30H39N5O7. The molecule has 0 spiro atoms. The molecule has 0 unspecified atom stereocenters. The third-order valence-corrected chi connectivity index (χ3v) is 6.79. The van der Waals surface area contributed by atoms with E-state index in [9.17, 15) is 24.0 Å². The van der Waals surface area contributed by atoms with Crippen LogP contribution < -0.4 is 27.0 Å². The molecule has 0 aromatic heterocycles. The zero-order chi connectivity index (χ0) is 30.3. The van der Waals surface area contributed by atoms with Crippen molar-refractivity contribution in [2.45, 2.75) is 76.3 Å². The van der Waals surface area contributed by atoms with Gasteiger partial charge in [-0.25, -0.2) is 4.79 Å². The van der Waals surface area contributed by atoms with E-state index in [1.54, 1.807) is 12.1 Å². The highest BCUT2D eigenvalue weighted by atomic mass is 16.5. The van der Waals surface area contributed by atoms with Crippen LogP contribution in [0.1, 0.15) is 51.0 Å². The number of carbonyl (C=O) groups excluding carboxylic acids is 5. The minimum absolute atomic E-state index is 0.0492. The molecule has 2 aromatic carbocycles. The molecule has 3 rings (SSSR count). The van der Waals surface area contributed by atoms with Crippen LogP contribution in [0.25, 0.3) is 0 Å². The molecule has 0 aliphatic heterocycles. The molecule has 0 radical (unpaired) electrons. The Hall–Kier alpha value is -4.45. The summed E-state index contributed by atoms with van der Waals surface area (Å²) in [5, 5.41) is 10.7. The Morgan fingerprint density at radius 1 is 0.929 bits per heavy atom. The van der Waals surface area contributed by atoms with Gasteiger partial charge in [0.2, 0.25) is 17.7 Å². The van der Waals surface area contributed by atoms with Gasteiger partial charge < -0.3 is 36.5 Å². The number of hydrogen-bond acceptors (Lipinski definition) is 7. The number of nitrogens with two attached hydrogens (primary N) is 1. The summed E-state index contributed by atoms with van der Waals surface area (Å²) in [4.78, 5) is 61.6. The van der Waals surface area contributed by atoms with Crippen LogP contribution in [0.3, 0.4) is 0 Å². The second-order valence-electron chi connectivity index (χ2n) is 10.1. The third-order valence-electron chi connectivity index (χ3n) is 6.79. The Morgan fingerprint density at radius 3 is 2.29 bits per heavy atom. The van der Waals surface area contributed by atoms with Crippen molar-refractivity contribution in [3.8, 4) is 0 Å². The lowest BCUT2D eigenvalue weighted by atomic mass is 9.92. The number of hydrogen-bond donors (Lipinski definition) is 5. The standard InChI is InChI=1S/C30H39N5O7/c1-20(29(39)34-24(28(31)38)16-17-27(37)42-18-21-10-4-2-5-11-21)32-26(36)19-41-25-15-9-8-14-23(25)35-30(40)33-22-12-6-3-7-13-22/h2-7,10-13,20,23-25H,8-9,14-19H2,1H3,(H2,31,38)(H,32,36)(H,34,39)(H2,33,35,40)/t20-,23+,24+,25+/m0/s1. The molecule has 5 amide bonds. The maximum Gasteiger partial charge on any atom is 0.319 e. The number of primary amides is 1. The van der Waals surface area contributed by atoms with Gasteiger partial charge in [0.25, 0.3) is 0 Å². The molecule has 1 saturated carbocycles. The van der Waals surface area contributed by atoms with Crippen LogP contribution in [0.5, 0.6) is 0 Å². The molecule has 1 fully saturated rings. The van der Waals surface area contributed by atoms with Gasteiger partial charge in [0.05, 0.1) is 12.1 Å². The minimum atomic E-state index is -1.12. The second kappa shape index (κ2) is 16.7. The van der Waals surface area contributed by atoms with E-state index in [0.29, 0.717) is 18.5 Å². The predicted molar refractivity (Wildman–Crippen MR) is 155 cm³/mol. The molecule has 0 bridgehead atoms. The van der Waals surface area contributed by atoms with Crippen molar-refractivity contribution < 1.29 is 33.4 Å². The Kier molecular flexibility index (Phi) is 12.8. The van der Waals surface area contributed by atoms with Gasteiger partial charge in [0.1, 0.15) is 25.3 Å². The molecule has 1 aliphatic carbocycles. The summed E-state index contributed by atoms with van der Waals surface area (Å²) < 4.78 is 11.0. The van der Waals surface area contributed by atoms with E-state index >= 15 is 0 Å². The highest BCUT2D eigenvalue weighted by Crippen LogP contribution is 2.21. The van der Waals surface area contributed by atoms with Crippen LogP contribution in [-0.2, 0) is 35.3 Å². The summed E-state index contributed by atoms with van der Waals surface area (Å²) in [5.74, 6) is -2.52. The van der Waals surface area contributed by atoms with E-state index < -0.39 is 35.8 Å². The van der Waals surface area contributed by atoms with E-state index in [4.69, 9.17) is 15.2 Å². The molecule has 4 atom stereocenters. The number of anilines is 1. The Bertz CT molecular complexity index is 1200. The first kappa shape index (κ1) is 32.1. The number of ether oxygens (including phenoxy) is 2. The van der Waals surface area contributed by atoms with Crippen molar-refractivity contribution in [1.82, 2.24) is 16.0 Å². The van der Waals surface area contributed by atoms with Crippen LogP contribution in [0, 0.1) is 0 Å². The lowest BCUT2D eigenvalue weighted by Gasteiger charge is -2.32. The molecule has 1 aliphatic rings. The molecule has 2 aromatic rings. The van der Waals surface area contributed by atoms with Gasteiger partial charge in [-0.1, -0.05) is 61.4 Å². The van der Waals surface area contributed by atoms with Crippen molar-refractivity contribution in [1.29, 1.82) is 0 Å². The first-order chi connectivity index (χ1) is 20.2. The van der Waals surface area contributed by atoms with Crippen molar-refractivity contribution in [3.05, 3.63) is 66.2 Å². The summed E-state index contributed by atoms with van der Waals surface area (Å²) >= 11 is 0. The highest BCUT2D eigenvalue weighted by Gasteiger charge is 2.29. The topological polar surface area (TPSA) is 178 Å². The molecule has 6 N–H and O–H groups in total. The Balaban J connectivity index is 1.39. The lowest BCUT2D eigenvalue weighted by molar-refractivity contribution is -0.145. The smallest absolute Gasteiger partial charge is 0.319 e. The molecule has 12 nitrogen and oxygen atoms in total. The predicted octanol–water partition coefficient (Wildman–Crippen LogP) is 2.13. The second-order valence-corrected chi connectivity index (χ2v) is 10.1. The maximum absolute atomic E-state index is 12.6. The molecule has 0 heterocycles. The summed E-state index contributed by atoms with van der Waals surface area (Å²) in [6.07, 6.45) is 2.66. The van der Waals surface area contributed by atoms with Gasteiger partial charge in [-0.3, -0.25) is 19.2 Å². The monoisotopic (exact) mass is 581 g/mol. The third kappa shape index (κ3) is 11.2. The zero-order valence-corrected chi connectivity index (χ0v) is 23.7. The summed E-state index contributed by atoms with van der Waals surface area (Å²) in [6, 6.07) is 15.4. The first-order valence-corrected chi connectivity index (χ1v) is 14.0. The normalized spacial score (nSPS) is 17.6. The van der Waals surface area contributed by atoms with Crippen LogP contribution >= 0.6 is 0 Å². The van der Waals surface area contributed by atoms with Crippen LogP contribution in [0.15, 0.2) is 60.7 Å². The fourth-order valence-electron chi connectivity index (χ4n) is 4.50. The quantitative estimate of drug-likeness (QED) is 0.212. The number of rotatable bonds is 14. The summed E-state index contributed by atoms with van der Waals surface area (Å²) in [6.45, 7) is 1.24. The molecule has 0 saturated heterocycles. The number of benzene rings is 2. The SMILES string of the molecule is C[C@H](NC(=O)CO[C@@H]1CCCC[C@H]1NC(=O)Nc1ccccc1)C(=O)N[C@H](CCC(=O)OCc1ccccc1)C(N)=O. The largest absolute Gasteiger partial charge is 0.461 e. The number of nitrogens with one attached hydrogen (secondary N) is 4. The first-order valence-electron chi connectivity index (χ1n) is 14.0. The summed E-state index contributed by atoms with van der Waals surface area (Å²) in [7, 11) is 0. The van der Waals surface area contributed by atoms with E-state index in [1.807, 2.05) is 48.5 Å². The van der Waals surface area contributed by atoms with E-state index in [2.05, 4.69) is 21.3 Å². The van der Waals surface area contributed by atoms with Crippen molar-refractivity contribution in [2.75, 3.05) is 11.9 Å². The van der Waals surface area contributed by atoms with Gasteiger partial charge in [-0.15, -0.1) is 0 Å². The molecular weight excluding hydrogens is 542 g/mol. The average molecular weight is 582 g/mol. The number of esters is 1. The number of urea groups is 1. The van der Waals surface area contributed by atoms with Gasteiger partial charge in [0, 0.05) is 12.1 Å². The Labute approximate surface area is 245 Å². The van der Waals surface area contributed by atoms with Crippen molar-refractivity contribution in [3.63, 3.8) is 0 Å². The van der Waals surface area contributed by atoms with Gasteiger partial charge in [-0.2, -0.15) is 0 Å².